The van der Waals surface area contributed by atoms with E-state index < -0.39 is 0 Å². The fraction of sp³-hybridized carbons (Fsp3) is 0.412. The van der Waals surface area contributed by atoms with Crippen LogP contribution in [0.5, 0.6) is 0 Å². The van der Waals surface area contributed by atoms with E-state index in [1.807, 2.05) is 16.9 Å². The summed E-state index contributed by atoms with van der Waals surface area (Å²) in [6.07, 6.45) is 3.75. The fourth-order valence-electron chi connectivity index (χ4n) is 2.81. The number of imidazole rings is 1. The third-order valence-electron chi connectivity index (χ3n) is 4.35. The summed E-state index contributed by atoms with van der Waals surface area (Å²) in [5.74, 6) is 0.672. The number of aryl methyl sites for hydroxylation is 1. The van der Waals surface area contributed by atoms with Crippen molar-refractivity contribution in [3.63, 3.8) is 0 Å². The minimum atomic E-state index is -0.251. The van der Waals surface area contributed by atoms with Crippen LogP contribution in [-0.2, 0) is 13.1 Å². The van der Waals surface area contributed by atoms with Gasteiger partial charge in [-0.3, -0.25) is 4.68 Å². The maximum Gasteiger partial charge on any atom is 0.125 e. The Bertz CT molecular complexity index is 778. The molecule has 0 saturated heterocycles. The smallest absolute Gasteiger partial charge is 0.125 e. The number of nitrogens with one attached hydrogen (secondary N) is 1. The first-order valence-corrected chi connectivity index (χ1v) is 7.97. The zero-order valence-corrected chi connectivity index (χ0v) is 13.7. The molecule has 2 atom stereocenters. The topological polar surface area (TPSA) is 47.7 Å². The lowest BCUT2D eigenvalue weighted by molar-refractivity contribution is 0.360. The summed E-state index contributed by atoms with van der Waals surface area (Å²) in [6, 6.07) is 7.16. The van der Waals surface area contributed by atoms with Crippen LogP contribution in [-0.4, -0.2) is 25.4 Å². The van der Waals surface area contributed by atoms with Gasteiger partial charge in [-0.1, -0.05) is 0 Å². The molecule has 0 unspecified atom stereocenters. The van der Waals surface area contributed by atoms with E-state index in [9.17, 15) is 4.39 Å². The van der Waals surface area contributed by atoms with Crippen molar-refractivity contribution in [1.82, 2.24) is 24.6 Å². The molecule has 2 aromatic heterocycles. The lowest BCUT2D eigenvalue weighted by atomic mass is 10.2. The van der Waals surface area contributed by atoms with E-state index >= 15 is 0 Å². The van der Waals surface area contributed by atoms with Gasteiger partial charge in [0.15, 0.2) is 0 Å². The lowest BCUT2D eigenvalue weighted by Crippen LogP contribution is -2.34. The summed E-state index contributed by atoms with van der Waals surface area (Å²) < 4.78 is 17.4. The molecule has 3 rings (SSSR count). The van der Waals surface area contributed by atoms with E-state index in [2.05, 4.69) is 40.7 Å². The first-order chi connectivity index (χ1) is 11.1. The van der Waals surface area contributed by atoms with Gasteiger partial charge in [0.25, 0.3) is 0 Å². The van der Waals surface area contributed by atoms with Gasteiger partial charge in [-0.2, -0.15) is 5.10 Å². The standard InChI is InChI=1S/C17H22FN5/c1-4-22-16-7-6-14(18)10-15(16)21-17(22)11-19-12(2)13(3)23-9-5-8-20-23/h5-10,12-13,19H,4,11H2,1-3H3/t12-,13-/m0/s1. The van der Waals surface area contributed by atoms with Crippen molar-refractivity contribution in [1.29, 1.82) is 0 Å². The van der Waals surface area contributed by atoms with Crippen molar-refractivity contribution in [2.24, 2.45) is 0 Å². The summed E-state index contributed by atoms with van der Waals surface area (Å²) >= 11 is 0. The quantitative estimate of drug-likeness (QED) is 0.760. The van der Waals surface area contributed by atoms with Crippen LogP contribution in [0.4, 0.5) is 4.39 Å². The second-order valence-corrected chi connectivity index (χ2v) is 5.80. The highest BCUT2D eigenvalue weighted by Crippen LogP contribution is 2.18. The first kappa shape index (κ1) is 15.7. The Kier molecular flexibility index (Phi) is 4.43. The number of hydrogen-bond acceptors (Lipinski definition) is 3. The van der Waals surface area contributed by atoms with Gasteiger partial charge in [-0.05, 0) is 39.0 Å². The Morgan fingerprint density at radius 2 is 2.13 bits per heavy atom. The van der Waals surface area contributed by atoms with Crippen LogP contribution in [0.3, 0.4) is 0 Å². The minimum Gasteiger partial charge on any atom is -0.327 e. The number of hydrogen-bond donors (Lipinski definition) is 1. The summed E-state index contributed by atoms with van der Waals surface area (Å²) in [5, 5.41) is 7.78. The Hall–Kier alpha value is -2.21. The van der Waals surface area contributed by atoms with E-state index in [1.165, 1.54) is 12.1 Å². The molecule has 0 bridgehead atoms. The van der Waals surface area contributed by atoms with Crippen LogP contribution in [0.1, 0.15) is 32.6 Å². The van der Waals surface area contributed by atoms with Gasteiger partial charge in [-0.25, -0.2) is 9.37 Å². The molecule has 0 radical (unpaired) electrons. The Morgan fingerprint density at radius 3 is 2.83 bits per heavy atom. The molecule has 0 spiro atoms. The van der Waals surface area contributed by atoms with E-state index in [0.717, 1.165) is 17.9 Å². The van der Waals surface area contributed by atoms with Gasteiger partial charge >= 0.3 is 0 Å². The number of nitrogens with zero attached hydrogens (tertiary/aromatic N) is 4. The SMILES string of the molecule is CCn1c(CN[C@@H](C)[C@H](C)n2cccn2)nc2cc(F)ccc21. The van der Waals surface area contributed by atoms with Crippen molar-refractivity contribution < 1.29 is 4.39 Å². The number of fused-ring (bicyclic) bond motifs is 1. The molecule has 0 aliphatic heterocycles. The van der Waals surface area contributed by atoms with Crippen molar-refractivity contribution >= 4 is 11.0 Å². The number of benzene rings is 1. The molecular formula is C17H22FN5. The molecule has 3 aromatic rings. The molecule has 1 N–H and O–H groups in total. The van der Waals surface area contributed by atoms with Crippen LogP contribution < -0.4 is 5.32 Å². The van der Waals surface area contributed by atoms with Crippen LogP contribution in [0.15, 0.2) is 36.7 Å². The molecule has 6 heteroatoms. The third-order valence-corrected chi connectivity index (χ3v) is 4.35. The maximum absolute atomic E-state index is 13.4. The van der Waals surface area contributed by atoms with E-state index in [0.29, 0.717) is 12.1 Å². The fourth-order valence-corrected chi connectivity index (χ4v) is 2.81. The van der Waals surface area contributed by atoms with Gasteiger partial charge in [0.1, 0.15) is 11.6 Å². The summed E-state index contributed by atoms with van der Waals surface area (Å²) in [7, 11) is 0. The van der Waals surface area contributed by atoms with Crippen molar-refractivity contribution in [2.75, 3.05) is 0 Å². The first-order valence-electron chi connectivity index (χ1n) is 7.97. The molecule has 2 heterocycles. The lowest BCUT2D eigenvalue weighted by Gasteiger charge is -2.21. The summed E-state index contributed by atoms with van der Waals surface area (Å²) in [5.41, 5.74) is 1.68. The van der Waals surface area contributed by atoms with Crippen molar-refractivity contribution in [3.05, 3.63) is 48.3 Å². The highest BCUT2D eigenvalue weighted by molar-refractivity contribution is 5.76. The average molecular weight is 315 g/mol. The van der Waals surface area contributed by atoms with Crippen molar-refractivity contribution in [3.8, 4) is 0 Å². The molecule has 0 amide bonds. The molecule has 5 nitrogen and oxygen atoms in total. The van der Waals surface area contributed by atoms with Gasteiger partial charge < -0.3 is 9.88 Å². The molecule has 0 saturated carbocycles. The molecule has 23 heavy (non-hydrogen) atoms. The van der Waals surface area contributed by atoms with Gasteiger partial charge in [0, 0.05) is 31.0 Å². The predicted molar refractivity (Wildman–Crippen MR) is 88.6 cm³/mol. The summed E-state index contributed by atoms with van der Waals surface area (Å²) in [6.45, 7) is 7.77. The molecule has 0 fully saturated rings. The zero-order valence-electron chi connectivity index (χ0n) is 13.7. The molecular weight excluding hydrogens is 293 g/mol. The van der Waals surface area contributed by atoms with Crippen LogP contribution in [0, 0.1) is 5.82 Å². The zero-order chi connectivity index (χ0) is 16.4. The normalized spacial score (nSPS) is 14.3. The largest absolute Gasteiger partial charge is 0.327 e. The molecule has 122 valence electrons. The van der Waals surface area contributed by atoms with Gasteiger partial charge in [0.2, 0.25) is 0 Å². The summed E-state index contributed by atoms with van der Waals surface area (Å²) in [4.78, 5) is 4.58. The van der Waals surface area contributed by atoms with Crippen LogP contribution in [0.25, 0.3) is 11.0 Å². The predicted octanol–water partition coefficient (Wildman–Crippen LogP) is 3.13. The number of rotatable bonds is 6. The van der Waals surface area contributed by atoms with Crippen LogP contribution >= 0.6 is 0 Å². The van der Waals surface area contributed by atoms with Crippen molar-refractivity contribution in [2.45, 2.75) is 45.9 Å². The number of aromatic nitrogens is 4. The van der Waals surface area contributed by atoms with E-state index in [1.54, 1.807) is 12.3 Å². The number of halogens is 1. The van der Waals surface area contributed by atoms with Crippen LogP contribution in [0.2, 0.25) is 0 Å². The average Bonchev–Trinajstić information content (AvgIpc) is 3.18. The highest BCUT2D eigenvalue weighted by Gasteiger charge is 2.16. The Balaban J connectivity index is 1.76. The maximum atomic E-state index is 13.4. The highest BCUT2D eigenvalue weighted by atomic mass is 19.1. The molecule has 0 aliphatic carbocycles. The van der Waals surface area contributed by atoms with E-state index in [4.69, 9.17) is 0 Å². The Labute approximate surface area is 135 Å². The second-order valence-electron chi connectivity index (χ2n) is 5.80. The third kappa shape index (κ3) is 3.12. The second kappa shape index (κ2) is 6.50. The monoisotopic (exact) mass is 315 g/mol. The minimum absolute atomic E-state index is 0.233. The van der Waals surface area contributed by atoms with E-state index in [-0.39, 0.29) is 17.9 Å². The molecule has 0 aliphatic rings. The van der Waals surface area contributed by atoms with Gasteiger partial charge in [0.05, 0.1) is 23.6 Å². The van der Waals surface area contributed by atoms with Gasteiger partial charge in [-0.15, -0.1) is 0 Å². The Morgan fingerprint density at radius 1 is 1.30 bits per heavy atom. The molecule has 1 aromatic carbocycles.